The number of benzene rings is 3. The number of carboxylic acid groups (broad SMARTS) is 3. The molecule has 0 saturated heterocycles. The number of anilines is 2. The fraction of sp³-hybridized carbons (Fsp3) is 0.426. The van der Waals surface area contributed by atoms with E-state index in [0.717, 1.165) is 79.6 Å². The maximum absolute atomic E-state index is 12.8. The molecular weight excluding hydrogens is 923 g/mol. The summed E-state index contributed by atoms with van der Waals surface area (Å²) in [4.78, 5) is 102. The first-order valence-electron chi connectivity index (χ1n) is 24.4. The Kier molecular flexibility index (Phi) is 18.8. The molecule has 0 aliphatic heterocycles. The van der Waals surface area contributed by atoms with Gasteiger partial charge in [0, 0.05) is 41.3 Å². The largest absolute Gasteiger partial charge is 0.478 e. The predicted molar refractivity (Wildman–Crippen MR) is 273 cm³/mol. The van der Waals surface area contributed by atoms with Crippen LogP contribution < -0.4 is 26.6 Å². The number of aliphatic carboxylic acids is 2. The molecule has 7 rings (SSSR count). The van der Waals surface area contributed by atoms with Crippen LogP contribution in [-0.2, 0) is 39.1 Å². The van der Waals surface area contributed by atoms with Gasteiger partial charge in [0.1, 0.15) is 16.9 Å². The molecule has 0 atom stereocenters. The van der Waals surface area contributed by atoms with Crippen LogP contribution in [0.1, 0.15) is 139 Å². The normalized spacial score (nSPS) is 16.2. The topological polar surface area (TPSA) is 286 Å². The molecule has 3 aromatic carbocycles. The van der Waals surface area contributed by atoms with Crippen LogP contribution in [0.2, 0.25) is 0 Å². The average molecular weight is 990 g/mol. The summed E-state index contributed by atoms with van der Waals surface area (Å²) >= 11 is 0. The van der Waals surface area contributed by atoms with E-state index in [9.17, 15) is 38.4 Å². The van der Waals surface area contributed by atoms with Crippen molar-refractivity contribution in [2.24, 2.45) is 17.8 Å². The van der Waals surface area contributed by atoms with Gasteiger partial charge in [-0.2, -0.15) is 0 Å². The lowest BCUT2D eigenvalue weighted by atomic mass is 9.75. The number of carboxylic acids is 3. The maximum atomic E-state index is 12.8. The van der Waals surface area contributed by atoms with E-state index in [1.165, 1.54) is 12.2 Å². The molecule has 384 valence electrons. The van der Waals surface area contributed by atoms with Crippen LogP contribution in [0.25, 0.3) is 23.2 Å². The number of aromatic carboxylic acids is 1. The summed E-state index contributed by atoms with van der Waals surface area (Å²) in [6.45, 7) is 10.9. The van der Waals surface area contributed by atoms with Gasteiger partial charge in [-0.05, 0) is 111 Å². The summed E-state index contributed by atoms with van der Waals surface area (Å²) in [5, 5.41) is 41.0. The van der Waals surface area contributed by atoms with E-state index in [4.69, 9.17) is 15.3 Å². The number of fused-ring (bicyclic) bond motifs is 1. The van der Waals surface area contributed by atoms with Crippen molar-refractivity contribution in [1.82, 2.24) is 25.9 Å². The van der Waals surface area contributed by atoms with Crippen LogP contribution in [0.3, 0.4) is 0 Å². The number of imidazole rings is 1. The van der Waals surface area contributed by atoms with Gasteiger partial charge in [-0.3, -0.25) is 24.0 Å². The first-order chi connectivity index (χ1) is 34.1. The number of aromatic nitrogens is 2. The van der Waals surface area contributed by atoms with E-state index >= 15 is 0 Å². The van der Waals surface area contributed by atoms with Crippen molar-refractivity contribution >= 4 is 82.0 Å². The molecule has 72 heavy (non-hydrogen) atoms. The molecule has 5 amide bonds. The second-order valence-corrected chi connectivity index (χ2v) is 19.6. The molecule has 18 heteroatoms. The molecule has 3 saturated carbocycles. The minimum atomic E-state index is -1.01. The molecule has 0 unspecified atom stereocenters. The van der Waals surface area contributed by atoms with Crippen molar-refractivity contribution in [1.29, 1.82) is 0 Å². The summed E-state index contributed by atoms with van der Waals surface area (Å²) in [7, 11) is 0. The lowest BCUT2D eigenvalue weighted by Crippen LogP contribution is -2.61. The Morgan fingerprint density at radius 1 is 0.542 bits per heavy atom. The summed E-state index contributed by atoms with van der Waals surface area (Å²) in [6.07, 6.45) is 14.1. The van der Waals surface area contributed by atoms with Gasteiger partial charge < -0.3 is 46.9 Å². The molecule has 3 fully saturated rings. The number of carbonyl (C=O) groups excluding carboxylic acids is 5. The summed E-state index contributed by atoms with van der Waals surface area (Å²) in [5.74, 6) is -3.35. The number of H-pyrrole nitrogens is 1. The zero-order valence-electron chi connectivity index (χ0n) is 41.7. The Morgan fingerprint density at radius 3 is 1.32 bits per heavy atom. The van der Waals surface area contributed by atoms with Crippen LogP contribution in [0.4, 0.5) is 11.4 Å². The Morgan fingerprint density at radius 2 is 0.944 bits per heavy atom. The Labute approximate surface area is 418 Å². The van der Waals surface area contributed by atoms with E-state index in [0.29, 0.717) is 42.6 Å². The Hall–Kier alpha value is -7.63. The molecule has 1 heterocycles. The number of rotatable bonds is 16. The zero-order valence-corrected chi connectivity index (χ0v) is 41.7. The molecule has 4 aromatic rings. The van der Waals surface area contributed by atoms with Crippen LogP contribution in [-0.4, -0.2) is 83.8 Å². The quantitative estimate of drug-likeness (QED) is 0.0483. The van der Waals surface area contributed by atoms with E-state index < -0.39 is 34.5 Å². The van der Waals surface area contributed by atoms with Gasteiger partial charge in [-0.15, -0.1) is 0 Å². The second-order valence-electron chi connectivity index (χ2n) is 19.6. The van der Waals surface area contributed by atoms with Crippen molar-refractivity contribution in [3.05, 3.63) is 101 Å². The van der Waals surface area contributed by atoms with Crippen LogP contribution in [0.15, 0.2) is 78.9 Å². The maximum Gasteiger partial charge on any atom is 0.335 e. The summed E-state index contributed by atoms with van der Waals surface area (Å²) in [6, 6.07) is 18.6. The first kappa shape index (κ1) is 55.3. The van der Waals surface area contributed by atoms with E-state index in [2.05, 4.69) is 36.6 Å². The highest BCUT2D eigenvalue weighted by Crippen LogP contribution is 2.39. The van der Waals surface area contributed by atoms with Gasteiger partial charge in [0.2, 0.25) is 29.5 Å². The fourth-order valence-electron chi connectivity index (χ4n) is 8.43. The number of nitrogens with zero attached hydrogens (tertiary/aromatic N) is 1. The first-order valence-corrected chi connectivity index (χ1v) is 24.4. The minimum absolute atomic E-state index is 0.0126. The number of hydrogen-bond acceptors (Lipinski definition) is 9. The molecule has 0 radical (unpaired) electrons. The van der Waals surface area contributed by atoms with Crippen molar-refractivity contribution in [3.63, 3.8) is 0 Å². The van der Waals surface area contributed by atoms with Crippen LogP contribution in [0, 0.1) is 17.8 Å². The van der Waals surface area contributed by atoms with Gasteiger partial charge in [0.15, 0.2) is 0 Å². The third-order valence-electron chi connectivity index (χ3n) is 13.0. The fourth-order valence-corrected chi connectivity index (χ4v) is 8.43. The van der Waals surface area contributed by atoms with Gasteiger partial charge >= 0.3 is 17.9 Å². The lowest BCUT2D eigenvalue weighted by Gasteiger charge is -2.41. The smallest absolute Gasteiger partial charge is 0.335 e. The van der Waals surface area contributed by atoms with Crippen molar-refractivity contribution in [2.75, 3.05) is 10.6 Å². The monoisotopic (exact) mass is 989 g/mol. The minimum Gasteiger partial charge on any atom is -0.478 e. The third-order valence-corrected chi connectivity index (χ3v) is 13.0. The van der Waals surface area contributed by atoms with Crippen molar-refractivity contribution < 1.29 is 53.7 Å². The van der Waals surface area contributed by atoms with E-state index in [1.54, 1.807) is 94.4 Å². The molecule has 0 spiro atoms. The summed E-state index contributed by atoms with van der Waals surface area (Å²) in [5.41, 5.74) is 2.17. The summed E-state index contributed by atoms with van der Waals surface area (Å²) < 4.78 is 0. The zero-order chi connectivity index (χ0) is 52.8. The number of hydrogen-bond donors (Lipinski definition) is 9. The van der Waals surface area contributed by atoms with Crippen molar-refractivity contribution in [2.45, 2.75) is 129 Å². The van der Waals surface area contributed by atoms with E-state index in [-0.39, 0.29) is 52.9 Å². The standard InChI is InChI=1S/C19H24N2O4.C18H22N2O4.C17H21N3O3/c1-13(2)17(24)21-19(11-3-4-12-19)18(25)20-15-8-5-14(6-9-15)7-10-16(22)23;1-12(2)16(23)20-18(10-3-11-18)17(24)19-14-7-4-13(5-8-14)6-9-15(21)22;1-10(2)14(21)20-17(7-3-4-8-17)16-18-12-6-5-11(15(22)23)9-13(12)19-16/h5-10,13H,3-4,11-12H2,1-2H3,(H,20,25)(H,21,24)(H,22,23);4-9,12H,3,10-11H2,1-2H3,(H,19,24)(H,20,23)(H,21,22);5-6,9-10H,3-4,7-8H2,1-2H3,(H,18,19)(H,20,21)(H,22,23)/b10-7+;9-6+;. The van der Waals surface area contributed by atoms with Gasteiger partial charge in [-0.1, -0.05) is 91.5 Å². The third kappa shape index (κ3) is 14.7. The van der Waals surface area contributed by atoms with Gasteiger partial charge in [0.25, 0.3) is 0 Å². The highest BCUT2D eigenvalue weighted by Gasteiger charge is 2.46. The molecule has 3 aliphatic carbocycles. The Balaban J connectivity index is 0.000000201. The molecule has 18 nitrogen and oxygen atoms in total. The number of nitrogens with one attached hydrogen (secondary N) is 6. The number of carbonyl (C=O) groups is 8. The number of amides is 5. The lowest BCUT2D eigenvalue weighted by molar-refractivity contribution is -0.135. The molecule has 9 N–H and O–H groups in total. The van der Waals surface area contributed by atoms with Gasteiger partial charge in [0.05, 0.1) is 22.1 Å². The van der Waals surface area contributed by atoms with E-state index in [1.807, 2.05) is 13.8 Å². The molecule has 3 aliphatic rings. The predicted octanol–water partition coefficient (Wildman–Crippen LogP) is 8.03. The SMILES string of the molecule is CC(C)C(=O)NC1(C(=O)Nc2ccc(/C=C/C(=O)O)cc2)CCC1.CC(C)C(=O)NC1(C(=O)Nc2ccc(/C=C/C(=O)O)cc2)CCCC1.CC(C)C(=O)NC1(c2nc3ccc(C(=O)O)cc3[nH]2)CCCC1. The van der Waals surface area contributed by atoms with Crippen molar-refractivity contribution in [3.8, 4) is 0 Å². The van der Waals surface area contributed by atoms with Gasteiger partial charge in [-0.25, -0.2) is 19.4 Å². The van der Waals surface area contributed by atoms with Crippen LogP contribution in [0.5, 0.6) is 0 Å². The highest BCUT2D eigenvalue weighted by molar-refractivity contribution is 6.02. The molecular formula is C54H67N7O11. The van der Waals surface area contributed by atoms with Crippen LogP contribution >= 0.6 is 0 Å². The number of aromatic amines is 1. The second kappa shape index (κ2) is 24.5. The molecule has 1 aromatic heterocycles. The Bertz CT molecular complexity index is 2670. The molecule has 0 bridgehead atoms. The average Bonchev–Trinajstić information content (AvgIpc) is 4.11. The highest BCUT2D eigenvalue weighted by atomic mass is 16.4.